The molecule has 0 unspecified atom stereocenters. The number of nitrogens with zero attached hydrogens (tertiary/aromatic N) is 1. The van der Waals surface area contributed by atoms with Gasteiger partial charge in [-0.25, -0.2) is 14.4 Å². The SMILES string of the molecule is O=C(N[C@@H]1CC=CC[C@H](CC(=O)N2Cc3ccccc3C[C@H]2CO)C(=O)N[C@@H](C(=O)OCc2ccccc2)COC1=O)OCc1ccccc1. The number of aliphatic hydroxyl groups is 1. The molecule has 3 amide bonds. The fourth-order valence-electron chi connectivity index (χ4n) is 5.82. The fourth-order valence-corrected chi connectivity index (χ4v) is 5.82. The van der Waals surface area contributed by atoms with Crippen LogP contribution in [0.4, 0.5) is 4.79 Å². The Morgan fingerprint density at radius 3 is 2.14 bits per heavy atom. The van der Waals surface area contributed by atoms with E-state index in [9.17, 15) is 29.1 Å². The van der Waals surface area contributed by atoms with Crippen molar-refractivity contribution in [2.24, 2.45) is 5.92 Å². The van der Waals surface area contributed by atoms with Crippen molar-refractivity contribution in [2.75, 3.05) is 13.2 Å². The maximum absolute atomic E-state index is 13.7. The molecule has 3 N–H and O–H groups in total. The Morgan fingerprint density at radius 2 is 1.46 bits per heavy atom. The number of amides is 3. The number of carbonyl (C=O) groups is 5. The Kier molecular flexibility index (Phi) is 12.7. The van der Waals surface area contributed by atoms with Crippen molar-refractivity contribution in [1.82, 2.24) is 15.5 Å². The van der Waals surface area contributed by atoms with Gasteiger partial charge in [-0.15, -0.1) is 0 Å². The van der Waals surface area contributed by atoms with Gasteiger partial charge in [0.2, 0.25) is 11.8 Å². The average molecular weight is 684 g/mol. The van der Waals surface area contributed by atoms with Crippen LogP contribution in [-0.4, -0.2) is 71.2 Å². The number of rotatable bonds is 9. The highest BCUT2D eigenvalue weighted by atomic mass is 16.6. The summed E-state index contributed by atoms with van der Waals surface area (Å²) in [6.07, 6.45) is 2.81. The van der Waals surface area contributed by atoms with E-state index in [1.165, 1.54) is 0 Å². The number of allylic oxidation sites excluding steroid dienone is 1. The second-order valence-electron chi connectivity index (χ2n) is 12.2. The molecule has 4 atom stereocenters. The quantitative estimate of drug-likeness (QED) is 0.175. The molecule has 3 aromatic rings. The lowest BCUT2D eigenvalue weighted by Crippen LogP contribution is -2.50. The topological polar surface area (TPSA) is 161 Å². The van der Waals surface area contributed by atoms with Gasteiger partial charge in [0, 0.05) is 13.0 Å². The highest BCUT2D eigenvalue weighted by Gasteiger charge is 2.34. The van der Waals surface area contributed by atoms with Gasteiger partial charge in [0.25, 0.3) is 0 Å². The normalized spacial score (nSPS) is 20.9. The third-order valence-corrected chi connectivity index (χ3v) is 8.64. The van der Waals surface area contributed by atoms with E-state index < -0.39 is 54.6 Å². The van der Waals surface area contributed by atoms with Crippen LogP contribution in [-0.2, 0) is 59.6 Å². The standard InChI is InChI=1S/C38H41N3O9/c42-22-31-19-28-15-7-8-17-30(28)21-41(31)34(43)20-29-16-9-10-18-32(40-38(47)50-24-27-13-5-2-6-14-27)36(45)49-25-33(39-35(29)44)37(46)48-23-26-11-3-1-4-12-26/h1-15,17,29,31-33,42H,16,18-25H2,(H,39,44)(H,40,47)/t29-,31+,32-,33-/m1/s1. The zero-order valence-electron chi connectivity index (χ0n) is 27.6. The van der Waals surface area contributed by atoms with Crippen LogP contribution in [0.3, 0.4) is 0 Å². The highest BCUT2D eigenvalue weighted by molar-refractivity contribution is 5.90. The zero-order chi connectivity index (χ0) is 35.3. The van der Waals surface area contributed by atoms with Crippen LogP contribution in [0.15, 0.2) is 97.1 Å². The molecule has 2 aliphatic heterocycles. The number of hydrogen-bond donors (Lipinski definition) is 3. The number of alkyl carbamates (subject to hydrolysis) is 1. The van der Waals surface area contributed by atoms with Crippen molar-refractivity contribution in [3.05, 3.63) is 119 Å². The third-order valence-electron chi connectivity index (χ3n) is 8.64. The second kappa shape index (κ2) is 17.8. The first kappa shape index (κ1) is 35.8. The van der Waals surface area contributed by atoms with Gasteiger partial charge < -0.3 is 34.9 Å². The summed E-state index contributed by atoms with van der Waals surface area (Å²) in [5.74, 6) is -3.51. The first-order chi connectivity index (χ1) is 24.3. The molecule has 0 aliphatic carbocycles. The fraction of sp³-hybridized carbons (Fsp3) is 0.342. The number of nitrogens with one attached hydrogen (secondary N) is 2. The van der Waals surface area contributed by atoms with Crippen LogP contribution in [0.1, 0.15) is 41.5 Å². The largest absolute Gasteiger partial charge is 0.461 e. The van der Waals surface area contributed by atoms with E-state index in [1.807, 2.05) is 48.5 Å². The Hall–Kier alpha value is -5.49. The molecule has 5 rings (SSSR count). The maximum Gasteiger partial charge on any atom is 0.408 e. The van der Waals surface area contributed by atoms with Gasteiger partial charge in [-0.2, -0.15) is 0 Å². The molecule has 12 heteroatoms. The molecular formula is C38H41N3O9. The number of esters is 2. The molecule has 0 fully saturated rings. The summed E-state index contributed by atoms with van der Waals surface area (Å²) >= 11 is 0. The van der Waals surface area contributed by atoms with Crippen LogP contribution in [0.2, 0.25) is 0 Å². The minimum absolute atomic E-state index is 0.000170. The van der Waals surface area contributed by atoms with Crippen molar-refractivity contribution >= 4 is 29.8 Å². The monoisotopic (exact) mass is 683 g/mol. The molecule has 3 aromatic carbocycles. The number of hydrogen-bond acceptors (Lipinski definition) is 9. The number of aliphatic hydroxyl groups excluding tert-OH is 1. The Bertz CT molecular complexity index is 1660. The van der Waals surface area contributed by atoms with Crippen molar-refractivity contribution in [3.8, 4) is 0 Å². The number of ether oxygens (including phenoxy) is 3. The Balaban J connectivity index is 1.31. The van der Waals surface area contributed by atoms with Gasteiger partial charge in [0.05, 0.1) is 18.6 Å². The van der Waals surface area contributed by atoms with E-state index in [-0.39, 0.29) is 45.0 Å². The Labute approximate surface area is 290 Å². The number of cyclic esters (lactones) is 1. The molecule has 0 radical (unpaired) electrons. The van der Waals surface area contributed by atoms with Crippen molar-refractivity contribution in [2.45, 2.75) is 63.6 Å². The number of carbonyl (C=O) groups excluding carboxylic acids is 5. The van der Waals surface area contributed by atoms with Crippen molar-refractivity contribution in [1.29, 1.82) is 0 Å². The lowest BCUT2D eigenvalue weighted by molar-refractivity contribution is -0.156. The van der Waals surface area contributed by atoms with Crippen molar-refractivity contribution < 1.29 is 43.3 Å². The molecule has 50 heavy (non-hydrogen) atoms. The van der Waals surface area contributed by atoms with Gasteiger partial charge >= 0.3 is 18.0 Å². The van der Waals surface area contributed by atoms with E-state index in [0.29, 0.717) is 18.5 Å². The van der Waals surface area contributed by atoms with E-state index in [2.05, 4.69) is 10.6 Å². The summed E-state index contributed by atoms with van der Waals surface area (Å²) in [7, 11) is 0. The predicted octanol–water partition coefficient (Wildman–Crippen LogP) is 3.35. The molecular weight excluding hydrogens is 642 g/mol. The van der Waals surface area contributed by atoms with Gasteiger partial charge in [0.1, 0.15) is 25.9 Å². The van der Waals surface area contributed by atoms with Crippen LogP contribution in [0.25, 0.3) is 0 Å². The minimum Gasteiger partial charge on any atom is -0.461 e. The highest BCUT2D eigenvalue weighted by Crippen LogP contribution is 2.25. The van der Waals surface area contributed by atoms with Crippen LogP contribution in [0, 0.1) is 5.92 Å². The Morgan fingerprint density at radius 1 is 0.840 bits per heavy atom. The van der Waals surface area contributed by atoms with E-state index >= 15 is 0 Å². The molecule has 12 nitrogen and oxygen atoms in total. The molecule has 2 heterocycles. The molecule has 2 aliphatic rings. The molecule has 0 spiro atoms. The summed E-state index contributed by atoms with van der Waals surface area (Å²) in [4.78, 5) is 68.0. The molecule has 0 aromatic heterocycles. The van der Waals surface area contributed by atoms with Gasteiger partial charge in [-0.1, -0.05) is 97.1 Å². The molecule has 0 saturated heterocycles. The summed E-state index contributed by atoms with van der Waals surface area (Å²) in [5, 5.41) is 15.3. The first-order valence-electron chi connectivity index (χ1n) is 16.6. The van der Waals surface area contributed by atoms with Crippen molar-refractivity contribution in [3.63, 3.8) is 0 Å². The molecule has 0 bridgehead atoms. The summed E-state index contributed by atoms with van der Waals surface area (Å²) in [5.41, 5.74) is 3.50. The maximum atomic E-state index is 13.7. The van der Waals surface area contributed by atoms with Gasteiger partial charge in [-0.3, -0.25) is 9.59 Å². The summed E-state index contributed by atoms with van der Waals surface area (Å²) in [6.45, 7) is -0.611. The number of fused-ring (bicyclic) bond motifs is 1. The summed E-state index contributed by atoms with van der Waals surface area (Å²) in [6, 6.07) is 22.7. The molecule has 0 saturated carbocycles. The minimum atomic E-state index is -1.39. The smallest absolute Gasteiger partial charge is 0.408 e. The third kappa shape index (κ3) is 10.0. The second-order valence-corrected chi connectivity index (χ2v) is 12.2. The summed E-state index contributed by atoms with van der Waals surface area (Å²) < 4.78 is 16.2. The van der Waals surface area contributed by atoms with Gasteiger partial charge in [-0.05, 0) is 41.5 Å². The number of benzene rings is 3. The lowest BCUT2D eigenvalue weighted by atomic mass is 9.92. The lowest BCUT2D eigenvalue weighted by Gasteiger charge is -2.36. The van der Waals surface area contributed by atoms with E-state index in [1.54, 1.807) is 53.5 Å². The average Bonchev–Trinajstić information content (AvgIpc) is 3.14. The van der Waals surface area contributed by atoms with Crippen LogP contribution < -0.4 is 10.6 Å². The predicted molar refractivity (Wildman–Crippen MR) is 181 cm³/mol. The zero-order valence-corrected chi connectivity index (χ0v) is 27.6. The molecule has 262 valence electrons. The van der Waals surface area contributed by atoms with Crippen LogP contribution >= 0.6 is 0 Å². The van der Waals surface area contributed by atoms with Gasteiger partial charge in [0.15, 0.2) is 6.04 Å². The van der Waals surface area contributed by atoms with E-state index in [4.69, 9.17) is 14.2 Å². The van der Waals surface area contributed by atoms with Crippen LogP contribution in [0.5, 0.6) is 0 Å². The first-order valence-corrected chi connectivity index (χ1v) is 16.6. The van der Waals surface area contributed by atoms with E-state index in [0.717, 1.165) is 16.7 Å².